The zero-order valence-electron chi connectivity index (χ0n) is 12.3. The van der Waals surface area contributed by atoms with Gasteiger partial charge in [0.25, 0.3) is 0 Å². The van der Waals surface area contributed by atoms with Crippen LogP contribution in [-0.4, -0.2) is 66.1 Å². The standard InChI is InChI=1S/C15H29N3S/c1-17-7-2-3-13-11-18(8-4-14(13)17)15(12-16)5-9-19-10-6-15/h13-14H,2-12,16H2,1H3. The molecule has 0 saturated carbocycles. The van der Waals surface area contributed by atoms with Crippen LogP contribution in [0, 0.1) is 5.92 Å². The average molecular weight is 283 g/mol. The molecule has 0 radical (unpaired) electrons. The van der Waals surface area contributed by atoms with Crippen molar-refractivity contribution in [2.75, 3.05) is 44.7 Å². The van der Waals surface area contributed by atoms with Gasteiger partial charge in [-0.1, -0.05) is 0 Å². The van der Waals surface area contributed by atoms with E-state index in [1.54, 1.807) is 0 Å². The maximum absolute atomic E-state index is 6.20. The molecule has 0 aromatic heterocycles. The fourth-order valence-electron chi connectivity index (χ4n) is 4.48. The van der Waals surface area contributed by atoms with E-state index in [4.69, 9.17) is 5.73 Å². The summed E-state index contributed by atoms with van der Waals surface area (Å²) in [6.07, 6.45) is 6.79. The summed E-state index contributed by atoms with van der Waals surface area (Å²) in [4.78, 5) is 5.39. The molecular weight excluding hydrogens is 254 g/mol. The first-order valence-electron chi connectivity index (χ1n) is 7.98. The fraction of sp³-hybridized carbons (Fsp3) is 1.00. The number of thioether (sulfide) groups is 1. The Hall–Kier alpha value is 0.230. The zero-order valence-corrected chi connectivity index (χ0v) is 13.1. The number of fused-ring (bicyclic) bond motifs is 1. The van der Waals surface area contributed by atoms with Crippen molar-refractivity contribution in [2.24, 2.45) is 11.7 Å². The Morgan fingerprint density at radius 2 is 2.00 bits per heavy atom. The molecule has 0 bridgehead atoms. The summed E-state index contributed by atoms with van der Waals surface area (Å²) >= 11 is 2.11. The SMILES string of the molecule is CN1CCCC2CN(C3(CN)CCSCC3)CCC21. The normalized spacial score (nSPS) is 36.9. The van der Waals surface area contributed by atoms with Gasteiger partial charge >= 0.3 is 0 Å². The number of rotatable bonds is 2. The number of likely N-dealkylation sites (tertiary alicyclic amines) is 2. The molecule has 0 aromatic carbocycles. The molecular formula is C15H29N3S. The maximum Gasteiger partial charge on any atom is 0.0347 e. The third-order valence-corrected chi connectivity index (χ3v) is 6.81. The van der Waals surface area contributed by atoms with Crippen LogP contribution in [0.3, 0.4) is 0 Å². The number of piperidine rings is 2. The lowest BCUT2D eigenvalue weighted by Gasteiger charge is -2.53. The van der Waals surface area contributed by atoms with Crippen LogP contribution in [0.15, 0.2) is 0 Å². The summed E-state index contributed by atoms with van der Waals surface area (Å²) in [5.41, 5.74) is 6.54. The minimum atomic E-state index is 0.340. The molecule has 3 saturated heterocycles. The Morgan fingerprint density at radius 3 is 2.74 bits per heavy atom. The van der Waals surface area contributed by atoms with E-state index >= 15 is 0 Å². The van der Waals surface area contributed by atoms with Crippen molar-refractivity contribution in [1.82, 2.24) is 9.80 Å². The molecule has 4 heteroatoms. The molecule has 0 spiro atoms. The van der Waals surface area contributed by atoms with Crippen molar-refractivity contribution in [1.29, 1.82) is 0 Å². The van der Waals surface area contributed by atoms with Gasteiger partial charge in [0.1, 0.15) is 0 Å². The fourth-order valence-corrected chi connectivity index (χ4v) is 5.74. The van der Waals surface area contributed by atoms with Crippen molar-refractivity contribution in [3.8, 4) is 0 Å². The predicted octanol–water partition coefficient (Wildman–Crippen LogP) is 1.63. The molecule has 2 unspecified atom stereocenters. The van der Waals surface area contributed by atoms with Gasteiger partial charge in [-0.05, 0) is 63.1 Å². The lowest BCUT2D eigenvalue weighted by atomic mass is 9.80. The summed E-state index contributed by atoms with van der Waals surface area (Å²) in [7, 11) is 2.32. The van der Waals surface area contributed by atoms with E-state index in [2.05, 4.69) is 28.6 Å². The maximum atomic E-state index is 6.20. The Balaban J connectivity index is 1.69. The average Bonchev–Trinajstić information content (AvgIpc) is 2.48. The van der Waals surface area contributed by atoms with Crippen molar-refractivity contribution in [3.05, 3.63) is 0 Å². The van der Waals surface area contributed by atoms with Gasteiger partial charge in [0.05, 0.1) is 0 Å². The molecule has 2 atom stereocenters. The summed E-state index contributed by atoms with van der Waals surface area (Å²) in [5.74, 6) is 3.51. The largest absolute Gasteiger partial charge is 0.329 e. The van der Waals surface area contributed by atoms with Crippen LogP contribution in [0.1, 0.15) is 32.1 Å². The van der Waals surface area contributed by atoms with Gasteiger partial charge in [0.2, 0.25) is 0 Å². The van der Waals surface area contributed by atoms with E-state index in [1.807, 2.05) is 0 Å². The monoisotopic (exact) mass is 283 g/mol. The van der Waals surface area contributed by atoms with Crippen LogP contribution < -0.4 is 5.73 Å². The summed E-state index contributed by atoms with van der Waals surface area (Å²) in [6.45, 7) is 4.74. The van der Waals surface area contributed by atoms with Gasteiger partial charge in [-0.2, -0.15) is 11.8 Å². The molecule has 0 aromatic rings. The molecule has 3 rings (SSSR count). The summed E-state index contributed by atoms with van der Waals surface area (Å²) in [5, 5.41) is 0. The van der Waals surface area contributed by atoms with E-state index < -0.39 is 0 Å². The van der Waals surface area contributed by atoms with Crippen molar-refractivity contribution < 1.29 is 0 Å². The molecule has 3 aliphatic rings. The quantitative estimate of drug-likeness (QED) is 0.835. The summed E-state index contributed by atoms with van der Waals surface area (Å²) < 4.78 is 0. The van der Waals surface area contributed by atoms with Crippen molar-refractivity contribution in [2.45, 2.75) is 43.7 Å². The van der Waals surface area contributed by atoms with Crippen LogP contribution in [0.5, 0.6) is 0 Å². The second-order valence-corrected chi connectivity index (χ2v) is 7.95. The highest BCUT2D eigenvalue weighted by Gasteiger charge is 2.43. The van der Waals surface area contributed by atoms with Gasteiger partial charge in [-0.15, -0.1) is 0 Å². The molecule has 2 N–H and O–H groups in total. The second kappa shape index (κ2) is 5.92. The van der Waals surface area contributed by atoms with Gasteiger partial charge in [0, 0.05) is 31.2 Å². The third-order valence-electron chi connectivity index (χ3n) is 5.82. The number of hydrogen-bond acceptors (Lipinski definition) is 4. The van der Waals surface area contributed by atoms with Crippen molar-refractivity contribution >= 4 is 11.8 Å². The smallest absolute Gasteiger partial charge is 0.0347 e. The van der Waals surface area contributed by atoms with Crippen LogP contribution in [0.25, 0.3) is 0 Å². The lowest BCUT2D eigenvalue weighted by molar-refractivity contribution is -0.0175. The number of nitrogens with two attached hydrogens (primary N) is 1. The zero-order chi connectivity index (χ0) is 13.3. The predicted molar refractivity (Wildman–Crippen MR) is 83.7 cm³/mol. The first-order valence-corrected chi connectivity index (χ1v) is 9.14. The molecule has 19 heavy (non-hydrogen) atoms. The lowest BCUT2D eigenvalue weighted by Crippen LogP contribution is -2.62. The topological polar surface area (TPSA) is 32.5 Å². The van der Waals surface area contributed by atoms with E-state index in [0.717, 1.165) is 18.5 Å². The van der Waals surface area contributed by atoms with Gasteiger partial charge in [-0.25, -0.2) is 0 Å². The van der Waals surface area contributed by atoms with Crippen LogP contribution in [0.4, 0.5) is 0 Å². The van der Waals surface area contributed by atoms with Crippen LogP contribution in [-0.2, 0) is 0 Å². The van der Waals surface area contributed by atoms with Crippen LogP contribution >= 0.6 is 11.8 Å². The molecule has 3 aliphatic heterocycles. The van der Waals surface area contributed by atoms with E-state index in [9.17, 15) is 0 Å². The molecule has 3 fully saturated rings. The highest BCUT2D eigenvalue weighted by molar-refractivity contribution is 7.99. The Morgan fingerprint density at radius 1 is 1.21 bits per heavy atom. The molecule has 0 amide bonds. The summed E-state index contributed by atoms with van der Waals surface area (Å²) in [6, 6.07) is 0.845. The minimum Gasteiger partial charge on any atom is -0.329 e. The highest BCUT2D eigenvalue weighted by atomic mass is 32.2. The molecule has 3 heterocycles. The first-order chi connectivity index (χ1) is 9.25. The molecule has 110 valence electrons. The van der Waals surface area contributed by atoms with Gasteiger partial charge < -0.3 is 10.6 Å². The number of hydrogen-bond donors (Lipinski definition) is 1. The Bertz CT molecular complexity index is 304. The molecule has 3 nitrogen and oxygen atoms in total. The van der Waals surface area contributed by atoms with Crippen LogP contribution in [0.2, 0.25) is 0 Å². The number of nitrogens with zero attached hydrogens (tertiary/aromatic N) is 2. The van der Waals surface area contributed by atoms with E-state index in [1.165, 1.54) is 63.2 Å². The van der Waals surface area contributed by atoms with E-state index in [0.29, 0.717) is 5.54 Å². The second-order valence-electron chi connectivity index (χ2n) is 6.73. The Kier molecular flexibility index (Phi) is 4.42. The third kappa shape index (κ3) is 2.69. The van der Waals surface area contributed by atoms with Gasteiger partial charge in [-0.3, -0.25) is 4.90 Å². The first kappa shape index (κ1) is 14.2. The van der Waals surface area contributed by atoms with Crippen molar-refractivity contribution in [3.63, 3.8) is 0 Å². The van der Waals surface area contributed by atoms with Gasteiger partial charge in [0.15, 0.2) is 0 Å². The van der Waals surface area contributed by atoms with E-state index in [-0.39, 0.29) is 0 Å². The minimum absolute atomic E-state index is 0.340. The molecule has 0 aliphatic carbocycles. The Labute approximate surface area is 122 Å². The highest BCUT2D eigenvalue weighted by Crippen LogP contribution is 2.37.